The van der Waals surface area contributed by atoms with Gasteiger partial charge in [-0.25, -0.2) is 0 Å². The first-order valence-corrected chi connectivity index (χ1v) is 5.19. The third kappa shape index (κ3) is 1.58. The summed E-state index contributed by atoms with van der Waals surface area (Å²) < 4.78 is 26.4. The molecule has 0 aliphatic heterocycles. The van der Waals surface area contributed by atoms with Crippen LogP contribution in [0.4, 0.5) is 8.78 Å². The van der Waals surface area contributed by atoms with Crippen LogP contribution in [0.3, 0.4) is 0 Å². The summed E-state index contributed by atoms with van der Waals surface area (Å²) in [6.45, 7) is 3.60. The van der Waals surface area contributed by atoms with Crippen LogP contribution in [0.2, 0.25) is 0 Å². The molecule has 0 N–H and O–H groups in total. The summed E-state index contributed by atoms with van der Waals surface area (Å²) in [4.78, 5) is 11.3. The van der Waals surface area contributed by atoms with Crippen molar-refractivity contribution in [2.75, 3.05) is 0 Å². The Morgan fingerprint density at radius 3 is 2.43 bits per heavy atom. The van der Waals surface area contributed by atoms with Gasteiger partial charge in [0.2, 0.25) is 5.78 Å². The minimum absolute atomic E-state index is 0.250. The number of carbonyl (C=O) groups is 1. The van der Waals surface area contributed by atoms with Crippen LogP contribution in [0.1, 0.15) is 33.1 Å². The van der Waals surface area contributed by atoms with E-state index in [9.17, 15) is 13.6 Å². The van der Waals surface area contributed by atoms with Crippen molar-refractivity contribution < 1.29 is 13.6 Å². The molecule has 0 aromatic rings. The van der Waals surface area contributed by atoms with Gasteiger partial charge in [-0.2, -0.15) is 8.78 Å². The van der Waals surface area contributed by atoms with Crippen LogP contribution in [0.5, 0.6) is 0 Å². The van der Waals surface area contributed by atoms with Crippen molar-refractivity contribution in [1.29, 1.82) is 0 Å². The number of halogens is 3. The highest BCUT2D eigenvalue weighted by Gasteiger charge is 2.54. The number of carbonyl (C=O) groups excluding carboxylic acids is 1. The average molecular weight is 223 g/mol. The lowest BCUT2D eigenvalue weighted by Gasteiger charge is -2.12. The smallest absolute Gasteiger partial charge is 0.288 e. The quantitative estimate of drug-likeness (QED) is 0.670. The van der Waals surface area contributed by atoms with E-state index in [1.165, 1.54) is 0 Å². The molecule has 0 aromatic heterocycles. The predicted octanol–water partition coefficient (Wildman–Crippen LogP) is 3.32. The number of hydrogen-bond donors (Lipinski definition) is 0. The van der Waals surface area contributed by atoms with Crippen molar-refractivity contribution in [2.24, 2.45) is 0 Å². The van der Waals surface area contributed by atoms with Gasteiger partial charge in [-0.15, -0.1) is 11.6 Å². The Labute approximate surface area is 87.1 Å². The molecule has 0 saturated carbocycles. The molecule has 1 rings (SSSR count). The monoisotopic (exact) mass is 222 g/mol. The van der Waals surface area contributed by atoms with Gasteiger partial charge in [0.1, 0.15) is 5.38 Å². The lowest BCUT2D eigenvalue weighted by molar-refractivity contribution is -0.136. The molecule has 0 radical (unpaired) electrons. The Kier molecular flexibility index (Phi) is 3.30. The molecular formula is C10H13ClF2O. The van der Waals surface area contributed by atoms with Crippen molar-refractivity contribution in [3.63, 3.8) is 0 Å². The van der Waals surface area contributed by atoms with Crippen LogP contribution in [-0.4, -0.2) is 17.1 Å². The molecule has 1 aliphatic carbocycles. The van der Waals surface area contributed by atoms with Gasteiger partial charge < -0.3 is 0 Å². The molecule has 4 heteroatoms. The molecule has 0 aromatic carbocycles. The van der Waals surface area contributed by atoms with E-state index in [1.807, 2.05) is 6.92 Å². The van der Waals surface area contributed by atoms with E-state index >= 15 is 0 Å². The number of allylic oxidation sites excluding steroid dienone is 2. The second-order valence-electron chi connectivity index (χ2n) is 3.42. The minimum Gasteiger partial charge on any atom is -0.288 e. The lowest BCUT2D eigenvalue weighted by Crippen LogP contribution is -2.33. The summed E-state index contributed by atoms with van der Waals surface area (Å²) in [5.74, 6) is -4.46. The molecule has 1 aliphatic rings. The van der Waals surface area contributed by atoms with Crippen LogP contribution >= 0.6 is 11.6 Å². The fourth-order valence-corrected chi connectivity index (χ4v) is 2.14. The Hall–Kier alpha value is -0.440. The Morgan fingerprint density at radius 1 is 1.43 bits per heavy atom. The maximum atomic E-state index is 13.2. The van der Waals surface area contributed by atoms with Crippen LogP contribution in [0.15, 0.2) is 11.1 Å². The van der Waals surface area contributed by atoms with Gasteiger partial charge in [0.15, 0.2) is 0 Å². The van der Waals surface area contributed by atoms with E-state index in [-0.39, 0.29) is 5.57 Å². The van der Waals surface area contributed by atoms with Gasteiger partial charge in [-0.05, 0) is 18.4 Å². The van der Waals surface area contributed by atoms with Gasteiger partial charge in [0, 0.05) is 5.57 Å². The van der Waals surface area contributed by atoms with E-state index in [1.54, 1.807) is 6.92 Å². The highest BCUT2D eigenvalue weighted by molar-refractivity contribution is 6.28. The topological polar surface area (TPSA) is 17.1 Å². The maximum Gasteiger partial charge on any atom is 0.329 e. The third-order valence-corrected chi connectivity index (χ3v) is 3.01. The lowest BCUT2D eigenvalue weighted by atomic mass is 10.0. The standard InChI is InChI=1S/C10H13ClF2O/c1-3-5-7-6(4-2)8(11)10(12,13)9(7)14/h8H,3-5H2,1-2H3. The first-order chi connectivity index (χ1) is 6.46. The average Bonchev–Trinajstić information content (AvgIpc) is 2.29. The van der Waals surface area contributed by atoms with Crippen LogP contribution in [-0.2, 0) is 4.79 Å². The molecule has 1 unspecified atom stereocenters. The van der Waals surface area contributed by atoms with Crippen LogP contribution in [0.25, 0.3) is 0 Å². The fraction of sp³-hybridized carbons (Fsp3) is 0.700. The predicted molar refractivity (Wildman–Crippen MR) is 51.8 cm³/mol. The van der Waals surface area contributed by atoms with Crippen molar-refractivity contribution in [3.8, 4) is 0 Å². The molecule has 0 spiro atoms. The molecule has 0 saturated heterocycles. The summed E-state index contributed by atoms with van der Waals surface area (Å²) in [6.07, 6.45) is 1.51. The number of ketones is 1. The summed E-state index contributed by atoms with van der Waals surface area (Å²) in [6, 6.07) is 0. The van der Waals surface area contributed by atoms with Gasteiger partial charge in [0.05, 0.1) is 0 Å². The van der Waals surface area contributed by atoms with Crippen LogP contribution in [0, 0.1) is 0 Å². The number of alkyl halides is 3. The molecule has 0 heterocycles. The van der Waals surface area contributed by atoms with E-state index in [0.717, 1.165) is 0 Å². The number of rotatable bonds is 3. The summed E-state index contributed by atoms with van der Waals surface area (Å²) in [7, 11) is 0. The second kappa shape index (κ2) is 3.97. The van der Waals surface area contributed by atoms with Crippen molar-refractivity contribution >= 4 is 17.4 Å². The molecule has 1 nitrogen and oxygen atoms in total. The summed E-state index contributed by atoms with van der Waals surface area (Å²) in [5.41, 5.74) is 0.670. The van der Waals surface area contributed by atoms with E-state index in [2.05, 4.69) is 0 Å². The van der Waals surface area contributed by atoms with Crippen molar-refractivity contribution in [1.82, 2.24) is 0 Å². The largest absolute Gasteiger partial charge is 0.329 e. The van der Waals surface area contributed by atoms with Gasteiger partial charge in [-0.1, -0.05) is 20.3 Å². The van der Waals surface area contributed by atoms with Gasteiger partial charge in [-0.3, -0.25) is 4.79 Å². The van der Waals surface area contributed by atoms with Gasteiger partial charge in [0.25, 0.3) is 0 Å². The first-order valence-electron chi connectivity index (χ1n) is 4.75. The van der Waals surface area contributed by atoms with Crippen molar-refractivity contribution in [2.45, 2.75) is 44.4 Å². The third-order valence-electron chi connectivity index (χ3n) is 2.47. The zero-order valence-electron chi connectivity index (χ0n) is 8.24. The number of Topliss-reactive ketones (excluding diaryl/α,β-unsaturated/α-hetero) is 1. The summed E-state index contributed by atoms with van der Waals surface area (Å²) >= 11 is 5.57. The number of hydrogen-bond acceptors (Lipinski definition) is 1. The van der Waals surface area contributed by atoms with E-state index in [0.29, 0.717) is 24.8 Å². The first kappa shape index (κ1) is 11.6. The maximum absolute atomic E-state index is 13.2. The van der Waals surface area contributed by atoms with Gasteiger partial charge >= 0.3 is 5.92 Å². The second-order valence-corrected chi connectivity index (χ2v) is 3.86. The zero-order valence-corrected chi connectivity index (χ0v) is 9.00. The molecule has 1 atom stereocenters. The Bertz CT molecular complexity index is 284. The molecule has 0 fully saturated rings. The fourth-order valence-electron chi connectivity index (χ4n) is 1.75. The SMILES string of the molecule is CCCC1=C(CC)C(Cl)C(F)(F)C1=O. The normalized spacial score (nSPS) is 26.1. The minimum atomic E-state index is -3.39. The zero-order chi connectivity index (χ0) is 10.9. The molecule has 80 valence electrons. The molecular weight excluding hydrogens is 210 g/mol. The van der Waals surface area contributed by atoms with Crippen LogP contribution < -0.4 is 0 Å². The van der Waals surface area contributed by atoms with E-state index < -0.39 is 17.1 Å². The Morgan fingerprint density at radius 2 is 2.00 bits per heavy atom. The highest BCUT2D eigenvalue weighted by atomic mass is 35.5. The Balaban J connectivity index is 3.08. The van der Waals surface area contributed by atoms with Crippen molar-refractivity contribution in [3.05, 3.63) is 11.1 Å². The highest BCUT2D eigenvalue weighted by Crippen LogP contribution is 2.42. The summed E-state index contributed by atoms with van der Waals surface area (Å²) in [5, 5.41) is -1.43. The van der Waals surface area contributed by atoms with E-state index in [4.69, 9.17) is 11.6 Å². The molecule has 0 amide bonds. The molecule has 0 bridgehead atoms. The molecule has 14 heavy (non-hydrogen) atoms.